The Labute approximate surface area is 122 Å². The van der Waals surface area contributed by atoms with Crippen LogP contribution in [0.4, 0.5) is 0 Å². The normalized spacial score (nSPS) is 17.2. The van der Waals surface area contributed by atoms with Gasteiger partial charge < -0.3 is 10.4 Å². The fraction of sp³-hybridized carbons (Fsp3) is 0.357. The first kappa shape index (κ1) is 14.4. The van der Waals surface area contributed by atoms with E-state index in [0.717, 1.165) is 19.3 Å². The lowest BCUT2D eigenvalue weighted by atomic mass is 9.80. The second kappa shape index (κ2) is 5.95. The van der Waals surface area contributed by atoms with E-state index in [4.69, 9.17) is 23.2 Å². The summed E-state index contributed by atoms with van der Waals surface area (Å²) in [5.41, 5.74) is -0.0244. The number of rotatable bonds is 4. The van der Waals surface area contributed by atoms with Gasteiger partial charge >= 0.3 is 0 Å². The van der Waals surface area contributed by atoms with Crippen LogP contribution in [0.5, 0.6) is 0 Å². The number of carbonyl (C=O) groups is 1. The highest BCUT2D eigenvalue weighted by Gasteiger charge is 2.34. The van der Waals surface area contributed by atoms with Gasteiger partial charge in [-0.25, -0.2) is 0 Å². The van der Waals surface area contributed by atoms with Gasteiger partial charge in [-0.3, -0.25) is 4.79 Å². The quantitative estimate of drug-likeness (QED) is 0.840. The molecule has 0 spiro atoms. The molecule has 2 N–H and O–H groups in total. The van der Waals surface area contributed by atoms with Crippen LogP contribution in [0.3, 0.4) is 0 Å². The van der Waals surface area contributed by atoms with E-state index in [9.17, 15) is 9.90 Å². The molecular formula is C14H15Cl2NO2. The fourth-order valence-corrected chi connectivity index (χ4v) is 2.26. The molecule has 1 aliphatic carbocycles. The molecule has 1 aromatic carbocycles. The highest BCUT2D eigenvalue weighted by molar-refractivity contribution is 6.42. The van der Waals surface area contributed by atoms with Crippen molar-refractivity contribution in [1.82, 2.24) is 5.32 Å². The lowest BCUT2D eigenvalue weighted by molar-refractivity contribution is -0.118. The largest absolute Gasteiger partial charge is 0.388 e. The Morgan fingerprint density at radius 3 is 2.79 bits per heavy atom. The van der Waals surface area contributed by atoms with E-state index in [0.29, 0.717) is 22.2 Å². The van der Waals surface area contributed by atoms with Crippen LogP contribution in [0.15, 0.2) is 24.3 Å². The molecule has 0 aliphatic heterocycles. The highest BCUT2D eigenvalue weighted by Crippen LogP contribution is 2.30. The predicted molar refractivity (Wildman–Crippen MR) is 77.3 cm³/mol. The minimum Gasteiger partial charge on any atom is -0.388 e. The van der Waals surface area contributed by atoms with Crippen molar-refractivity contribution in [3.63, 3.8) is 0 Å². The number of benzene rings is 1. The van der Waals surface area contributed by atoms with Gasteiger partial charge in [0.2, 0.25) is 5.91 Å². The molecule has 0 radical (unpaired) electrons. The monoisotopic (exact) mass is 299 g/mol. The molecule has 0 unspecified atom stereocenters. The van der Waals surface area contributed by atoms with E-state index in [1.165, 1.54) is 6.08 Å². The van der Waals surface area contributed by atoms with Crippen LogP contribution in [-0.4, -0.2) is 23.2 Å². The van der Waals surface area contributed by atoms with Gasteiger partial charge in [-0.1, -0.05) is 35.3 Å². The summed E-state index contributed by atoms with van der Waals surface area (Å²) in [6, 6.07) is 5.23. The zero-order valence-corrected chi connectivity index (χ0v) is 11.8. The Hall–Kier alpha value is -1.03. The molecule has 0 atom stereocenters. The van der Waals surface area contributed by atoms with Crippen molar-refractivity contribution in [2.75, 3.05) is 6.54 Å². The van der Waals surface area contributed by atoms with Crippen molar-refractivity contribution in [2.24, 2.45) is 0 Å². The number of hydrogen-bond acceptors (Lipinski definition) is 2. The van der Waals surface area contributed by atoms with Crippen molar-refractivity contribution < 1.29 is 9.90 Å². The molecular weight excluding hydrogens is 285 g/mol. The van der Waals surface area contributed by atoms with Crippen molar-refractivity contribution >= 4 is 35.2 Å². The molecule has 0 saturated heterocycles. The summed E-state index contributed by atoms with van der Waals surface area (Å²) >= 11 is 11.9. The van der Waals surface area contributed by atoms with Crippen LogP contribution in [0, 0.1) is 0 Å². The summed E-state index contributed by atoms with van der Waals surface area (Å²) in [7, 11) is 0. The molecule has 1 saturated carbocycles. The second-order valence-corrected chi connectivity index (χ2v) is 5.56. The maximum Gasteiger partial charge on any atom is 0.244 e. The summed E-state index contributed by atoms with van der Waals surface area (Å²) in [6.45, 7) is 0.291. The van der Waals surface area contributed by atoms with Crippen LogP contribution in [0.25, 0.3) is 6.08 Å². The van der Waals surface area contributed by atoms with Gasteiger partial charge in [0.15, 0.2) is 0 Å². The number of hydrogen-bond donors (Lipinski definition) is 2. The van der Waals surface area contributed by atoms with E-state index < -0.39 is 5.60 Å². The Kier molecular flexibility index (Phi) is 4.50. The summed E-state index contributed by atoms with van der Waals surface area (Å²) < 4.78 is 0. The van der Waals surface area contributed by atoms with E-state index in [1.807, 2.05) is 0 Å². The van der Waals surface area contributed by atoms with Crippen LogP contribution in [-0.2, 0) is 4.79 Å². The Morgan fingerprint density at radius 2 is 2.16 bits per heavy atom. The topological polar surface area (TPSA) is 49.3 Å². The Morgan fingerprint density at radius 1 is 1.42 bits per heavy atom. The Balaban J connectivity index is 1.91. The number of nitrogens with one attached hydrogen (secondary N) is 1. The molecule has 19 heavy (non-hydrogen) atoms. The summed E-state index contributed by atoms with van der Waals surface area (Å²) in [6.07, 6.45) is 5.50. The molecule has 5 heteroatoms. The molecule has 1 fully saturated rings. The molecule has 1 aromatic rings. The fourth-order valence-electron chi connectivity index (χ4n) is 1.89. The van der Waals surface area contributed by atoms with Gasteiger partial charge in [-0.2, -0.15) is 0 Å². The summed E-state index contributed by atoms with van der Waals surface area (Å²) in [4.78, 5) is 11.6. The van der Waals surface area contributed by atoms with E-state index >= 15 is 0 Å². The number of halogens is 2. The van der Waals surface area contributed by atoms with Crippen LogP contribution in [0.1, 0.15) is 24.8 Å². The van der Waals surface area contributed by atoms with Gasteiger partial charge in [0.05, 0.1) is 15.6 Å². The van der Waals surface area contributed by atoms with Crippen molar-refractivity contribution in [3.05, 3.63) is 39.9 Å². The number of aliphatic hydroxyl groups is 1. The van der Waals surface area contributed by atoms with E-state index in [1.54, 1.807) is 24.3 Å². The molecule has 0 bridgehead atoms. The first-order valence-electron chi connectivity index (χ1n) is 6.12. The first-order chi connectivity index (χ1) is 9.00. The molecule has 3 nitrogen and oxygen atoms in total. The van der Waals surface area contributed by atoms with Crippen molar-refractivity contribution in [2.45, 2.75) is 24.9 Å². The third kappa shape index (κ3) is 3.72. The average molecular weight is 300 g/mol. The summed E-state index contributed by atoms with van der Waals surface area (Å²) in [5.74, 6) is -0.253. The van der Waals surface area contributed by atoms with Crippen molar-refractivity contribution in [1.29, 1.82) is 0 Å². The molecule has 1 amide bonds. The van der Waals surface area contributed by atoms with Crippen LogP contribution in [0.2, 0.25) is 10.0 Å². The lowest BCUT2D eigenvalue weighted by Gasteiger charge is -2.36. The van der Waals surface area contributed by atoms with Crippen LogP contribution >= 0.6 is 23.2 Å². The Bertz CT molecular complexity index is 510. The SMILES string of the molecule is O=C(/C=C/c1cccc(Cl)c1Cl)NCC1(O)CCC1. The molecule has 2 rings (SSSR count). The third-order valence-corrected chi connectivity index (χ3v) is 4.11. The minimum atomic E-state index is -0.711. The molecule has 1 aliphatic rings. The maximum absolute atomic E-state index is 11.6. The van der Waals surface area contributed by atoms with Gasteiger partial charge in [0, 0.05) is 12.6 Å². The van der Waals surface area contributed by atoms with Crippen molar-refractivity contribution in [3.8, 4) is 0 Å². The first-order valence-corrected chi connectivity index (χ1v) is 6.88. The van der Waals surface area contributed by atoms with Gasteiger partial charge in [0.1, 0.15) is 0 Å². The summed E-state index contributed by atoms with van der Waals surface area (Å²) in [5, 5.41) is 13.4. The maximum atomic E-state index is 11.6. The third-order valence-electron chi connectivity index (χ3n) is 3.27. The molecule has 0 heterocycles. The van der Waals surface area contributed by atoms with E-state index in [-0.39, 0.29) is 5.91 Å². The second-order valence-electron chi connectivity index (χ2n) is 4.77. The predicted octanol–water partition coefficient (Wildman–Crippen LogP) is 3.04. The molecule has 0 aromatic heterocycles. The average Bonchev–Trinajstić information content (AvgIpc) is 2.36. The minimum absolute atomic E-state index is 0.253. The zero-order valence-electron chi connectivity index (χ0n) is 10.3. The van der Waals surface area contributed by atoms with E-state index in [2.05, 4.69) is 5.32 Å². The number of amides is 1. The van der Waals surface area contributed by atoms with Gasteiger partial charge in [-0.15, -0.1) is 0 Å². The zero-order chi connectivity index (χ0) is 13.9. The van der Waals surface area contributed by atoms with Gasteiger partial charge in [0.25, 0.3) is 0 Å². The lowest BCUT2D eigenvalue weighted by Crippen LogP contribution is -2.47. The van der Waals surface area contributed by atoms with Crippen LogP contribution < -0.4 is 5.32 Å². The van der Waals surface area contributed by atoms with Gasteiger partial charge in [-0.05, 0) is 37.0 Å². The standard InChI is InChI=1S/C14H15Cl2NO2/c15-11-4-1-3-10(13(11)16)5-6-12(18)17-9-14(19)7-2-8-14/h1,3-6,19H,2,7-9H2,(H,17,18)/b6-5+. The number of carbonyl (C=O) groups excluding carboxylic acids is 1. The smallest absolute Gasteiger partial charge is 0.244 e. The highest BCUT2D eigenvalue weighted by atomic mass is 35.5. The molecule has 102 valence electrons.